The number of benzene rings is 1. The Labute approximate surface area is 129 Å². The number of hydrogen-bond acceptors (Lipinski definition) is 4. The average molecular weight is 327 g/mol. The van der Waals surface area contributed by atoms with Crippen LogP contribution in [0.25, 0.3) is 0 Å². The Balaban J connectivity index is 3.10. The molecule has 0 unspecified atom stereocenters. The molecule has 0 radical (unpaired) electrons. The van der Waals surface area contributed by atoms with Gasteiger partial charge < -0.3 is 13.6 Å². The Hall–Kier alpha value is -1.28. The molecular formula is C15H26O4Si2. The highest BCUT2D eigenvalue weighted by Gasteiger charge is 2.23. The second kappa shape index (κ2) is 6.66. The maximum Gasteiger partial charge on any atom is 0.309 e. The second-order valence-electron chi connectivity index (χ2n) is 6.96. The van der Waals surface area contributed by atoms with Crippen molar-refractivity contribution in [2.75, 3.05) is 7.11 Å². The summed E-state index contributed by atoms with van der Waals surface area (Å²) in [6.45, 7) is 12.8. The molecule has 6 heteroatoms. The van der Waals surface area contributed by atoms with E-state index in [2.05, 4.69) is 39.3 Å². The van der Waals surface area contributed by atoms with Crippen molar-refractivity contribution in [1.82, 2.24) is 0 Å². The summed E-state index contributed by atoms with van der Waals surface area (Å²) in [5, 5.41) is 0. The van der Waals surface area contributed by atoms with Gasteiger partial charge in [0.2, 0.25) is 16.6 Å². The molecule has 0 amide bonds. The summed E-state index contributed by atoms with van der Waals surface area (Å²) >= 11 is 0. The summed E-state index contributed by atoms with van der Waals surface area (Å²) in [5.41, 5.74) is 0.873. The van der Waals surface area contributed by atoms with Crippen LogP contribution < -0.4 is 8.85 Å². The van der Waals surface area contributed by atoms with Crippen LogP contribution in [-0.4, -0.2) is 29.7 Å². The molecule has 0 bridgehead atoms. The van der Waals surface area contributed by atoms with Crippen molar-refractivity contribution in [2.45, 2.75) is 45.7 Å². The lowest BCUT2D eigenvalue weighted by Crippen LogP contribution is -2.32. The van der Waals surface area contributed by atoms with Crippen molar-refractivity contribution in [1.29, 1.82) is 0 Å². The monoisotopic (exact) mass is 326 g/mol. The normalized spacial score (nSPS) is 12.0. The molecule has 0 atom stereocenters. The lowest BCUT2D eigenvalue weighted by molar-refractivity contribution is -0.139. The zero-order valence-corrected chi connectivity index (χ0v) is 16.1. The van der Waals surface area contributed by atoms with Crippen LogP contribution in [0.15, 0.2) is 18.2 Å². The number of methoxy groups -OCH3 is 1. The lowest BCUT2D eigenvalue weighted by Gasteiger charge is -2.26. The molecule has 0 aliphatic carbocycles. The van der Waals surface area contributed by atoms with Gasteiger partial charge in [-0.1, -0.05) is 6.07 Å². The average Bonchev–Trinajstić information content (AvgIpc) is 2.28. The van der Waals surface area contributed by atoms with E-state index in [1.807, 2.05) is 18.2 Å². The van der Waals surface area contributed by atoms with Gasteiger partial charge in [0.25, 0.3) is 0 Å². The van der Waals surface area contributed by atoms with Crippen molar-refractivity contribution in [3.05, 3.63) is 23.8 Å². The minimum Gasteiger partial charge on any atom is -0.542 e. The minimum absolute atomic E-state index is 0.242. The molecule has 21 heavy (non-hydrogen) atoms. The third kappa shape index (κ3) is 6.81. The summed E-state index contributed by atoms with van der Waals surface area (Å²) in [4.78, 5) is 11.4. The molecule has 0 heterocycles. The van der Waals surface area contributed by atoms with E-state index >= 15 is 0 Å². The van der Waals surface area contributed by atoms with E-state index in [-0.39, 0.29) is 12.4 Å². The van der Waals surface area contributed by atoms with Crippen LogP contribution in [0.2, 0.25) is 39.3 Å². The highest BCUT2D eigenvalue weighted by atomic mass is 28.4. The Kier molecular flexibility index (Phi) is 5.63. The van der Waals surface area contributed by atoms with Gasteiger partial charge in [0.05, 0.1) is 13.5 Å². The fourth-order valence-electron chi connectivity index (χ4n) is 1.73. The van der Waals surface area contributed by atoms with Gasteiger partial charge in [0.15, 0.2) is 0 Å². The summed E-state index contributed by atoms with van der Waals surface area (Å²) in [7, 11) is -2.08. The minimum atomic E-state index is -1.76. The summed E-state index contributed by atoms with van der Waals surface area (Å²) in [6, 6.07) is 5.68. The quantitative estimate of drug-likeness (QED) is 0.589. The molecule has 0 aliphatic rings. The maximum atomic E-state index is 11.4. The summed E-state index contributed by atoms with van der Waals surface area (Å²) in [5.74, 6) is 1.25. The Morgan fingerprint density at radius 3 is 1.95 bits per heavy atom. The third-order valence-corrected chi connectivity index (χ3v) is 4.08. The van der Waals surface area contributed by atoms with Crippen molar-refractivity contribution in [2.24, 2.45) is 0 Å². The number of carbonyl (C=O) groups is 1. The van der Waals surface area contributed by atoms with Crippen LogP contribution in [0.1, 0.15) is 5.56 Å². The van der Waals surface area contributed by atoms with Gasteiger partial charge in [0.1, 0.15) is 11.5 Å². The van der Waals surface area contributed by atoms with Crippen molar-refractivity contribution in [3.63, 3.8) is 0 Å². The molecule has 1 aromatic rings. The number of esters is 1. The first-order chi connectivity index (χ1) is 9.50. The van der Waals surface area contributed by atoms with Crippen LogP contribution in [0.5, 0.6) is 11.5 Å². The van der Waals surface area contributed by atoms with Gasteiger partial charge in [0, 0.05) is 0 Å². The first kappa shape index (κ1) is 17.8. The van der Waals surface area contributed by atoms with Crippen LogP contribution in [0.4, 0.5) is 0 Å². The molecule has 0 aromatic heterocycles. The topological polar surface area (TPSA) is 44.8 Å². The van der Waals surface area contributed by atoms with Crippen molar-refractivity contribution < 1.29 is 18.4 Å². The van der Waals surface area contributed by atoms with E-state index in [0.717, 1.165) is 17.1 Å². The highest BCUT2D eigenvalue weighted by molar-refractivity contribution is 6.71. The lowest BCUT2D eigenvalue weighted by atomic mass is 10.1. The van der Waals surface area contributed by atoms with Gasteiger partial charge >= 0.3 is 5.97 Å². The van der Waals surface area contributed by atoms with Gasteiger partial charge in [-0.15, -0.1) is 0 Å². The predicted octanol–water partition coefficient (Wildman–Crippen LogP) is 3.83. The fraction of sp³-hybridized carbons (Fsp3) is 0.533. The van der Waals surface area contributed by atoms with E-state index in [1.165, 1.54) is 7.11 Å². The Bertz CT molecular complexity index is 501. The summed E-state index contributed by atoms with van der Waals surface area (Å²) < 4.78 is 16.9. The zero-order chi connectivity index (χ0) is 16.3. The first-order valence-corrected chi connectivity index (χ1v) is 13.9. The largest absolute Gasteiger partial charge is 0.542 e. The number of rotatable bonds is 6. The van der Waals surface area contributed by atoms with Crippen LogP contribution in [0, 0.1) is 0 Å². The molecule has 1 rings (SSSR count). The molecule has 0 N–H and O–H groups in total. The number of carbonyl (C=O) groups excluding carboxylic acids is 1. The maximum absolute atomic E-state index is 11.4. The van der Waals surface area contributed by atoms with Gasteiger partial charge in [-0.05, 0) is 57.0 Å². The standard InChI is InChI=1S/C15H26O4Si2/c1-17-15(16)11-12-8-9-13(18-20(2,3)4)14(10-12)19-21(5,6)7/h8-10H,11H2,1-7H3. The fourth-order valence-corrected chi connectivity index (χ4v) is 3.37. The molecule has 1 aromatic carbocycles. The Morgan fingerprint density at radius 2 is 1.48 bits per heavy atom. The van der Waals surface area contributed by atoms with E-state index < -0.39 is 16.6 Å². The molecule has 0 spiro atoms. The molecule has 0 saturated carbocycles. The van der Waals surface area contributed by atoms with Gasteiger partial charge in [-0.3, -0.25) is 4.79 Å². The van der Waals surface area contributed by atoms with Crippen LogP contribution in [-0.2, 0) is 16.0 Å². The molecular weight excluding hydrogens is 300 g/mol. The molecule has 118 valence electrons. The van der Waals surface area contributed by atoms with E-state index in [9.17, 15) is 4.79 Å². The number of ether oxygens (including phenoxy) is 1. The predicted molar refractivity (Wildman–Crippen MR) is 90.1 cm³/mol. The van der Waals surface area contributed by atoms with Crippen molar-refractivity contribution >= 4 is 22.6 Å². The van der Waals surface area contributed by atoms with Gasteiger partial charge in [-0.25, -0.2) is 0 Å². The van der Waals surface area contributed by atoms with E-state index in [1.54, 1.807) is 0 Å². The van der Waals surface area contributed by atoms with Crippen molar-refractivity contribution in [3.8, 4) is 11.5 Å². The van der Waals surface area contributed by atoms with E-state index in [4.69, 9.17) is 13.6 Å². The van der Waals surface area contributed by atoms with Crippen LogP contribution >= 0.6 is 0 Å². The van der Waals surface area contributed by atoms with E-state index in [0.29, 0.717) is 0 Å². The molecule has 0 saturated heterocycles. The summed E-state index contributed by atoms with van der Waals surface area (Å²) in [6.07, 6.45) is 0.242. The molecule has 0 fully saturated rings. The zero-order valence-electron chi connectivity index (χ0n) is 14.1. The smallest absolute Gasteiger partial charge is 0.309 e. The second-order valence-corrected chi connectivity index (χ2v) is 15.8. The first-order valence-electron chi connectivity index (χ1n) is 7.08. The third-order valence-electron chi connectivity index (χ3n) is 2.42. The Morgan fingerprint density at radius 1 is 0.952 bits per heavy atom. The SMILES string of the molecule is COC(=O)Cc1ccc(O[Si](C)(C)C)c(O[Si](C)(C)C)c1. The molecule has 4 nitrogen and oxygen atoms in total. The van der Waals surface area contributed by atoms with Gasteiger partial charge in [-0.2, -0.15) is 0 Å². The number of hydrogen-bond donors (Lipinski definition) is 0. The molecule has 0 aliphatic heterocycles. The highest BCUT2D eigenvalue weighted by Crippen LogP contribution is 2.32. The van der Waals surface area contributed by atoms with Crippen LogP contribution in [0.3, 0.4) is 0 Å².